The molecule has 3 rings (SSSR count). The summed E-state index contributed by atoms with van der Waals surface area (Å²) < 4.78 is 0. The second-order valence-electron chi connectivity index (χ2n) is 6.23. The van der Waals surface area contributed by atoms with Crippen molar-refractivity contribution in [2.75, 3.05) is 6.54 Å². The van der Waals surface area contributed by atoms with Gasteiger partial charge in [0.05, 0.1) is 11.1 Å². The van der Waals surface area contributed by atoms with Crippen LogP contribution in [-0.2, 0) is 11.2 Å². The van der Waals surface area contributed by atoms with Crippen LogP contribution >= 0.6 is 0 Å². The van der Waals surface area contributed by atoms with Gasteiger partial charge in [0, 0.05) is 6.04 Å². The largest absolute Gasteiger partial charge is 0.352 e. The maximum absolute atomic E-state index is 12.3. The number of imide groups is 1. The molecule has 0 radical (unpaired) electrons. The Labute approximate surface area is 146 Å². The molecule has 1 aliphatic heterocycles. The first kappa shape index (κ1) is 16.9. The Balaban J connectivity index is 1.53. The standard InChI is InChI=1S/C20H20N2O3/c1-14(11-12-15-7-3-2-4-8-15)21-18(23)13-22-19(24)16-9-5-6-10-17(16)20(22)25/h2-10,14H,11-13H2,1H3,(H,21,23)/t14-/m1/s1. The number of hydrogen-bond donors (Lipinski definition) is 1. The summed E-state index contributed by atoms with van der Waals surface area (Å²) in [5.74, 6) is -1.14. The summed E-state index contributed by atoms with van der Waals surface area (Å²) in [4.78, 5) is 37.7. The third kappa shape index (κ3) is 3.76. The fraction of sp³-hybridized carbons (Fsp3) is 0.250. The normalized spacial score (nSPS) is 14.4. The van der Waals surface area contributed by atoms with Gasteiger partial charge in [0.25, 0.3) is 11.8 Å². The van der Waals surface area contributed by atoms with Crippen LogP contribution in [0.4, 0.5) is 0 Å². The van der Waals surface area contributed by atoms with Crippen molar-refractivity contribution < 1.29 is 14.4 Å². The summed E-state index contributed by atoms with van der Waals surface area (Å²) in [6, 6.07) is 16.6. The third-order valence-corrected chi connectivity index (χ3v) is 4.30. The van der Waals surface area contributed by atoms with E-state index in [1.165, 1.54) is 5.56 Å². The number of rotatable bonds is 6. The van der Waals surface area contributed by atoms with E-state index in [4.69, 9.17) is 0 Å². The summed E-state index contributed by atoms with van der Waals surface area (Å²) >= 11 is 0. The molecule has 25 heavy (non-hydrogen) atoms. The van der Waals surface area contributed by atoms with Crippen molar-refractivity contribution in [3.05, 3.63) is 71.3 Å². The molecule has 0 saturated carbocycles. The molecular weight excluding hydrogens is 316 g/mol. The van der Waals surface area contributed by atoms with Crippen molar-refractivity contribution in [3.8, 4) is 0 Å². The van der Waals surface area contributed by atoms with E-state index in [0.29, 0.717) is 11.1 Å². The van der Waals surface area contributed by atoms with Crippen molar-refractivity contribution in [2.24, 2.45) is 0 Å². The van der Waals surface area contributed by atoms with E-state index in [1.54, 1.807) is 24.3 Å². The summed E-state index contributed by atoms with van der Waals surface area (Å²) in [6.45, 7) is 1.67. The van der Waals surface area contributed by atoms with Crippen LogP contribution in [0.25, 0.3) is 0 Å². The highest BCUT2D eigenvalue weighted by Gasteiger charge is 2.36. The minimum Gasteiger partial charge on any atom is -0.352 e. The predicted molar refractivity (Wildman–Crippen MR) is 94.2 cm³/mol. The number of hydrogen-bond acceptors (Lipinski definition) is 3. The van der Waals surface area contributed by atoms with Crippen molar-refractivity contribution in [1.29, 1.82) is 0 Å². The molecule has 0 unspecified atom stereocenters. The van der Waals surface area contributed by atoms with Crippen LogP contribution in [0.3, 0.4) is 0 Å². The highest BCUT2D eigenvalue weighted by molar-refractivity contribution is 6.22. The lowest BCUT2D eigenvalue weighted by molar-refractivity contribution is -0.122. The van der Waals surface area contributed by atoms with Crippen molar-refractivity contribution in [2.45, 2.75) is 25.8 Å². The van der Waals surface area contributed by atoms with Gasteiger partial charge in [-0.05, 0) is 37.5 Å². The molecule has 3 amide bonds. The monoisotopic (exact) mass is 336 g/mol. The van der Waals surface area contributed by atoms with E-state index in [0.717, 1.165) is 17.7 Å². The highest BCUT2D eigenvalue weighted by atomic mass is 16.2. The number of carbonyl (C=O) groups excluding carboxylic acids is 3. The summed E-state index contributed by atoms with van der Waals surface area (Å²) in [7, 11) is 0. The van der Waals surface area contributed by atoms with Gasteiger partial charge in [-0.1, -0.05) is 42.5 Å². The number of fused-ring (bicyclic) bond motifs is 1. The Morgan fingerprint density at radius 2 is 1.52 bits per heavy atom. The SMILES string of the molecule is C[C@H](CCc1ccccc1)NC(=O)CN1C(=O)c2ccccc2C1=O. The molecule has 0 aliphatic carbocycles. The zero-order chi connectivity index (χ0) is 17.8. The van der Waals surface area contributed by atoms with E-state index in [2.05, 4.69) is 5.32 Å². The van der Waals surface area contributed by atoms with Crippen LogP contribution < -0.4 is 5.32 Å². The number of carbonyl (C=O) groups is 3. The van der Waals surface area contributed by atoms with E-state index >= 15 is 0 Å². The Morgan fingerprint density at radius 1 is 0.960 bits per heavy atom. The molecule has 1 atom stereocenters. The molecule has 5 heteroatoms. The molecule has 1 aliphatic rings. The molecule has 5 nitrogen and oxygen atoms in total. The summed E-state index contributed by atoms with van der Waals surface area (Å²) in [5, 5.41) is 2.86. The lowest BCUT2D eigenvalue weighted by Gasteiger charge is -2.17. The van der Waals surface area contributed by atoms with E-state index in [1.807, 2.05) is 37.3 Å². The average Bonchev–Trinajstić information content (AvgIpc) is 2.86. The third-order valence-electron chi connectivity index (χ3n) is 4.30. The zero-order valence-electron chi connectivity index (χ0n) is 14.1. The average molecular weight is 336 g/mol. The maximum atomic E-state index is 12.3. The number of nitrogens with one attached hydrogen (secondary N) is 1. The molecule has 128 valence electrons. The van der Waals surface area contributed by atoms with Crippen molar-refractivity contribution >= 4 is 17.7 Å². The zero-order valence-corrected chi connectivity index (χ0v) is 14.1. The van der Waals surface area contributed by atoms with Gasteiger partial charge in [-0.2, -0.15) is 0 Å². The molecule has 0 spiro atoms. The Morgan fingerprint density at radius 3 is 2.12 bits per heavy atom. The van der Waals surface area contributed by atoms with Crippen LogP contribution in [-0.4, -0.2) is 35.2 Å². The van der Waals surface area contributed by atoms with Crippen LogP contribution in [0.15, 0.2) is 54.6 Å². The van der Waals surface area contributed by atoms with Crippen molar-refractivity contribution in [1.82, 2.24) is 10.2 Å². The van der Waals surface area contributed by atoms with Crippen LogP contribution in [0.1, 0.15) is 39.6 Å². The van der Waals surface area contributed by atoms with E-state index in [-0.39, 0.29) is 18.5 Å². The molecule has 2 aromatic carbocycles. The minimum atomic E-state index is -0.410. The van der Waals surface area contributed by atoms with Gasteiger partial charge < -0.3 is 5.32 Å². The summed E-state index contributed by atoms with van der Waals surface area (Å²) in [6.07, 6.45) is 1.65. The summed E-state index contributed by atoms with van der Waals surface area (Å²) in [5.41, 5.74) is 1.93. The van der Waals surface area contributed by atoms with Crippen molar-refractivity contribution in [3.63, 3.8) is 0 Å². The van der Waals surface area contributed by atoms with Gasteiger partial charge in [-0.3, -0.25) is 19.3 Å². The molecule has 2 aromatic rings. The quantitative estimate of drug-likeness (QED) is 0.824. The highest BCUT2D eigenvalue weighted by Crippen LogP contribution is 2.21. The van der Waals surface area contributed by atoms with E-state index < -0.39 is 11.8 Å². The van der Waals surface area contributed by atoms with Crippen LogP contribution in [0.5, 0.6) is 0 Å². The second kappa shape index (κ2) is 7.30. The van der Waals surface area contributed by atoms with Gasteiger partial charge in [0.2, 0.25) is 5.91 Å². The van der Waals surface area contributed by atoms with Gasteiger partial charge >= 0.3 is 0 Å². The first-order valence-corrected chi connectivity index (χ1v) is 8.35. The molecule has 0 bridgehead atoms. The molecule has 0 aromatic heterocycles. The molecular formula is C20H20N2O3. The van der Waals surface area contributed by atoms with Crippen LogP contribution in [0, 0.1) is 0 Å². The lowest BCUT2D eigenvalue weighted by Crippen LogP contribution is -2.43. The van der Waals surface area contributed by atoms with Gasteiger partial charge in [0.1, 0.15) is 6.54 Å². The first-order chi connectivity index (χ1) is 12.1. The van der Waals surface area contributed by atoms with Crippen LogP contribution in [0.2, 0.25) is 0 Å². The molecule has 0 saturated heterocycles. The molecule has 0 fully saturated rings. The lowest BCUT2D eigenvalue weighted by atomic mass is 10.1. The first-order valence-electron chi connectivity index (χ1n) is 8.35. The number of amides is 3. The number of benzene rings is 2. The minimum absolute atomic E-state index is 0.0390. The topological polar surface area (TPSA) is 66.5 Å². The second-order valence-corrected chi connectivity index (χ2v) is 6.23. The molecule has 1 heterocycles. The predicted octanol–water partition coefficient (Wildman–Crippen LogP) is 2.42. The fourth-order valence-electron chi connectivity index (χ4n) is 2.95. The van der Waals surface area contributed by atoms with E-state index in [9.17, 15) is 14.4 Å². The number of aryl methyl sites for hydroxylation is 1. The fourth-order valence-corrected chi connectivity index (χ4v) is 2.95. The number of nitrogens with zero attached hydrogens (tertiary/aromatic N) is 1. The molecule has 1 N–H and O–H groups in total. The van der Waals surface area contributed by atoms with Gasteiger partial charge in [0.15, 0.2) is 0 Å². The Bertz CT molecular complexity index is 767. The maximum Gasteiger partial charge on any atom is 0.262 e. The smallest absolute Gasteiger partial charge is 0.262 e. The Kier molecular flexibility index (Phi) is 4.93. The Hall–Kier alpha value is -2.95. The van der Waals surface area contributed by atoms with Gasteiger partial charge in [-0.25, -0.2) is 0 Å². The van der Waals surface area contributed by atoms with Gasteiger partial charge in [-0.15, -0.1) is 0 Å².